The summed E-state index contributed by atoms with van der Waals surface area (Å²) in [6, 6.07) is 18.4. The van der Waals surface area contributed by atoms with Crippen LogP contribution in [0.5, 0.6) is 5.75 Å². The molecular formula is C45H51N9O5. The molecule has 0 saturated carbocycles. The largest absolute Gasteiger partial charge is 0.495 e. The van der Waals surface area contributed by atoms with E-state index in [-0.39, 0.29) is 29.2 Å². The van der Waals surface area contributed by atoms with Gasteiger partial charge >= 0.3 is 11.8 Å². The number of anilines is 1. The number of hydrogen-bond acceptors (Lipinski definition) is 11. The third-order valence-corrected chi connectivity index (χ3v) is 12.0. The summed E-state index contributed by atoms with van der Waals surface area (Å²) >= 11 is 0. The Morgan fingerprint density at radius 1 is 1.03 bits per heavy atom. The molecule has 2 aliphatic heterocycles. The van der Waals surface area contributed by atoms with E-state index in [2.05, 4.69) is 70.9 Å². The highest BCUT2D eigenvalue weighted by Gasteiger charge is 2.40. The second-order valence-corrected chi connectivity index (χ2v) is 17.1. The van der Waals surface area contributed by atoms with Crippen molar-refractivity contribution in [2.45, 2.75) is 77.7 Å². The van der Waals surface area contributed by atoms with Crippen LogP contribution in [0.25, 0.3) is 33.2 Å². The zero-order valence-electron chi connectivity index (χ0n) is 34.7. The van der Waals surface area contributed by atoms with E-state index in [1.165, 1.54) is 5.56 Å². The van der Waals surface area contributed by atoms with Crippen LogP contribution in [0.2, 0.25) is 0 Å². The van der Waals surface area contributed by atoms with Crippen LogP contribution >= 0.6 is 0 Å². The lowest BCUT2D eigenvalue weighted by Crippen LogP contribution is -2.49. The maximum Gasteiger partial charge on any atom is 0.315 e. The van der Waals surface area contributed by atoms with Crippen molar-refractivity contribution in [1.82, 2.24) is 40.6 Å². The minimum atomic E-state index is -0.682. The van der Waals surface area contributed by atoms with E-state index in [1.54, 1.807) is 13.4 Å². The average Bonchev–Trinajstić information content (AvgIpc) is 3.88. The summed E-state index contributed by atoms with van der Waals surface area (Å²) in [5, 5.41) is 11.4. The number of aromatic nitrogens is 5. The minimum absolute atomic E-state index is 0.0567. The molecule has 8 rings (SSSR count). The van der Waals surface area contributed by atoms with Crippen LogP contribution < -0.4 is 20.3 Å². The molecule has 0 spiro atoms. The molecule has 3 amide bonds. The van der Waals surface area contributed by atoms with Crippen LogP contribution in [0.4, 0.5) is 5.69 Å². The summed E-state index contributed by atoms with van der Waals surface area (Å²) in [4.78, 5) is 59.4. The van der Waals surface area contributed by atoms with Gasteiger partial charge in [0.1, 0.15) is 17.7 Å². The molecule has 2 saturated heterocycles. The monoisotopic (exact) mass is 797 g/mol. The quantitative estimate of drug-likeness (QED) is 0.132. The van der Waals surface area contributed by atoms with Crippen molar-refractivity contribution in [3.05, 3.63) is 94.9 Å². The number of hydrogen-bond donors (Lipinski definition) is 3. The van der Waals surface area contributed by atoms with Crippen molar-refractivity contribution in [2.75, 3.05) is 44.7 Å². The number of carbonyl (C=O) groups excluding carboxylic acids is 3. The topological polar surface area (TPSA) is 171 Å². The summed E-state index contributed by atoms with van der Waals surface area (Å²) in [5.74, 6) is 0.376. The normalized spacial score (nSPS) is 18.3. The van der Waals surface area contributed by atoms with Crippen molar-refractivity contribution in [3.63, 3.8) is 0 Å². The fourth-order valence-electron chi connectivity index (χ4n) is 8.25. The summed E-state index contributed by atoms with van der Waals surface area (Å²) in [6.07, 6.45) is 3.38. The van der Waals surface area contributed by atoms with Crippen LogP contribution in [-0.4, -0.2) is 87.5 Å². The highest BCUT2D eigenvalue weighted by Crippen LogP contribution is 2.40. The van der Waals surface area contributed by atoms with Gasteiger partial charge in [-0.3, -0.25) is 24.6 Å². The number of nitrogens with zero attached hydrogens (tertiary/aromatic N) is 6. The second kappa shape index (κ2) is 15.6. The molecule has 306 valence electrons. The molecule has 59 heavy (non-hydrogen) atoms. The first-order valence-electron chi connectivity index (χ1n) is 20.2. The van der Waals surface area contributed by atoms with Gasteiger partial charge in [-0.15, -0.1) is 0 Å². The second-order valence-electron chi connectivity index (χ2n) is 17.1. The maximum atomic E-state index is 13.0. The van der Waals surface area contributed by atoms with Crippen LogP contribution in [0.1, 0.15) is 92.3 Å². The van der Waals surface area contributed by atoms with E-state index in [9.17, 15) is 14.4 Å². The Morgan fingerprint density at radius 2 is 1.80 bits per heavy atom. The standard InChI is InChI=1S/C45H51N9O5/c1-26-22-29(10-13-31(26)27(2)48-40(56)41-51-42(52-59-41)44(3,4)5)38-37-32-23-35(58-7)34(24-33(32)49-39(37)47-25-46-38)54-20-18-53(19-21-54)17-15-28-8-11-30(12-9-28)45(6)16-14-36(55)50-43(45)57/h8-13,22-25,27H,14-21H2,1-7H3,(H,48,56)(H,46,47,49)(H,50,55,57)/t27-,45?/m1/s1. The number of piperazine rings is 1. The summed E-state index contributed by atoms with van der Waals surface area (Å²) in [5.41, 5.74) is 7.58. The fraction of sp³-hybridized carbons (Fsp3) is 0.400. The van der Waals surface area contributed by atoms with Crippen LogP contribution in [0.15, 0.2) is 65.4 Å². The first-order valence-corrected chi connectivity index (χ1v) is 20.2. The van der Waals surface area contributed by atoms with Gasteiger partial charge in [-0.05, 0) is 74.1 Å². The van der Waals surface area contributed by atoms with E-state index < -0.39 is 11.3 Å². The highest BCUT2D eigenvalue weighted by atomic mass is 16.5. The number of amides is 3. The molecule has 3 aromatic heterocycles. The number of aryl methyl sites for hydroxylation is 1. The van der Waals surface area contributed by atoms with Crippen molar-refractivity contribution in [2.24, 2.45) is 0 Å². The Morgan fingerprint density at radius 3 is 2.47 bits per heavy atom. The first kappa shape index (κ1) is 39.7. The number of aromatic amines is 1. The Labute approximate surface area is 343 Å². The Balaban J connectivity index is 0.943. The summed E-state index contributed by atoms with van der Waals surface area (Å²) in [7, 11) is 1.71. The van der Waals surface area contributed by atoms with Crippen LogP contribution in [0, 0.1) is 6.92 Å². The number of methoxy groups -OCH3 is 1. The SMILES string of the molecule is COc1cc2c(cc1N1CCN(CCc3ccc(C4(C)CCC(=O)NC4=O)cc3)CC1)[nH]c1ncnc(-c3ccc([C@@H](C)NC(=O)c4nc(C(C)(C)C)no4)c(C)c3)c12. The number of rotatable bonds is 10. The highest BCUT2D eigenvalue weighted by molar-refractivity contribution is 6.13. The smallest absolute Gasteiger partial charge is 0.315 e. The molecular weight excluding hydrogens is 747 g/mol. The first-order chi connectivity index (χ1) is 28.2. The number of H-pyrrole nitrogens is 1. The molecule has 14 nitrogen and oxygen atoms in total. The van der Waals surface area contributed by atoms with Gasteiger partial charge in [0.15, 0.2) is 5.82 Å². The molecule has 3 N–H and O–H groups in total. The van der Waals surface area contributed by atoms with Gasteiger partial charge in [0.2, 0.25) is 11.8 Å². The number of ether oxygens (including phenoxy) is 1. The Bertz CT molecular complexity index is 2560. The lowest BCUT2D eigenvalue weighted by atomic mass is 9.75. The molecule has 0 aliphatic carbocycles. The van der Waals surface area contributed by atoms with Crippen molar-refractivity contribution in [1.29, 1.82) is 0 Å². The Hall–Kier alpha value is -6.15. The molecule has 0 bridgehead atoms. The summed E-state index contributed by atoms with van der Waals surface area (Å²) in [6.45, 7) is 16.2. The molecule has 5 heterocycles. The third kappa shape index (κ3) is 7.76. The van der Waals surface area contributed by atoms with E-state index in [4.69, 9.17) is 14.2 Å². The number of piperidine rings is 1. The Kier molecular flexibility index (Phi) is 10.5. The molecule has 14 heteroatoms. The number of nitrogens with one attached hydrogen (secondary N) is 3. The molecule has 0 radical (unpaired) electrons. The van der Waals surface area contributed by atoms with E-state index in [0.717, 1.165) is 100 Å². The summed E-state index contributed by atoms with van der Waals surface area (Å²) < 4.78 is 11.3. The lowest BCUT2D eigenvalue weighted by molar-refractivity contribution is -0.137. The molecule has 6 aromatic rings. The maximum absolute atomic E-state index is 13.0. The van der Waals surface area contributed by atoms with E-state index in [0.29, 0.717) is 18.7 Å². The molecule has 2 fully saturated rings. The average molecular weight is 798 g/mol. The minimum Gasteiger partial charge on any atom is -0.495 e. The van der Waals surface area contributed by atoms with Gasteiger partial charge in [-0.2, -0.15) is 4.98 Å². The molecule has 2 atom stereocenters. The van der Waals surface area contributed by atoms with Gasteiger partial charge < -0.3 is 24.5 Å². The van der Waals surface area contributed by atoms with Gasteiger partial charge in [0.25, 0.3) is 0 Å². The number of carbonyl (C=O) groups is 3. The van der Waals surface area contributed by atoms with Gasteiger partial charge in [0, 0.05) is 55.5 Å². The van der Waals surface area contributed by atoms with Crippen LogP contribution in [-0.2, 0) is 26.8 Å². The number of fused-ring (bicyclic) bond motifs is 3. The van der Waals surface area contributed by atoms with E-state index >= 15 is 0 Å². The zero-order chi connectivity index (χ0) is 41.6. The predicted octanol–water partition coefficient (Wildman–Crippen LogP) is 6.33. The van der Waals surface area contributed by atoms with E-state index in [1.807, 2.05) is 65.8 Å². The van der Waals surface area contributed by atoms with Crippen LogP contribution in [0.3, 0.4) is 0 Å². The van der Waals surface area contributed by atoms with Crippen molar-refractivity contribution in [3.8, 4) is 17.0 Å². The molecule has 1 unspecified atom stereocenters. The predicted molar refractivity (Wildman–Crippen MR) is 226 cm³/mol. The molecule has 3 aromatic carbocycles. The lowest BCUT2D eigenvalue weighted by Gasteiger charge is -2.36. The van der Waals surface area contributed by atoms with Crippen molar-refractivity contribution >= 4 is 45.3 Å². The number of benzene rings is 3. The van der Waals surface area contributed by atoms with Gasteiger partial charge in [-0.25, -0.2) is 9.97 Å². The third-order valence-electron chi connectivity index (χ3n) is 12.0. The fourth-order valence-corrected chi connectivity index (χ4v) is 8.25. The van der Waals surface area contributed by atoms with Gasteiger partial charge in [-0.1, -0.05) is 62.3 Å². The van der Waals surface area contributed by atoms with Gasteiger partial charge in [0.05, 0.1) is 40.9 Å². The number of imide groups is 1. The molecule has 2 aliphatic rings. The zero-order valence-corrected chi connectivity index (χ0v) is 34.7. The van der Waals surface area contributed by atoms with Crippen molar-refractivity contribution < 1.29 is 23.6 Å².